The molecule has 21 heavy (non-hydrogen) atoms. The van der Waals surface area contributed by atoms with Crippen molar-refractivity contribution >= 4 is 0 Å². The summed E-state index contributed by atoms with van der Waals surface area (Å²) in [5, 5.41) is 0. The second kappa shape index (κ2) is 6.29. The van der Waals surface area contributed by atoms with Crippen LogP contribution in [0.15, 0.2) is 48.5 Å². The Morgan fingerprint density at radius 3 is 2.67 bits per heavy atom. The highest BCUT2D eigenvalue weighted by Gasteiger charge is 2.31. The van der Waals surface area contributed by atoms with Gasteiger partial charge in [0.2, 0.25) is 0 Å². The fraction of sp³-hybridized carbons (Fsp3) is 0.333. The Kier molecular flexibility index (Phi) is 4.23. The molecule has 0 saturated heterocycles. The van der Waals surface area contributed by atoms with Gasteiger partial charge in [-0.25, -0.2) is 0 Å². The third-order valence-electron chi connectivity index (χ3n) is 4.20. The van der Waals surface area contributed by atoms with Gasteiger partial charge in [0.25, 0.3) is 0 Å². The predicted molar refractivity (Wildman–Crippen MR) is 85.2 cm³/mol. The smallest absolute Gasteiger partial charge is 0.122 e. The number of benzene rings is 2. The molecule has 2 unspecified atom stereocenters. The Hall–Kier alpha value is -1.84. The Bertz CT molecular complexity index is 594. The molecular weight excluding hydrogens is 260 g/mol. The number of fused-ring (bicyclic) bond motifs is 1. The van der Waals surface area contributed by atoms with Crippen molar-refractivity contribution in [3.05, 3.63) is 65.2 Å². The molecule has 2 aromatic carbocycles. The van der Waals surface area contributed by atoms with Crippen LogP contribution < -0.4 is 16.0 Å². The molecule has 0 aliphatic carbocycles. The Morgan fingerprint density at radius 1 is 1.19 bits per heavy atom. The van der Waals surface area contributed by atoms with Crippen LogP contribution in [0, 0.1) is 0 Å². The van der Waals surface area contributed by atoms with E-state index < -0.39 is 0 Å². The fourth-order valence-electron chi connectivity index (χ4n) is 3.09. The lowest BCUT2D eigenvalue weighted by Gasteiger charge is -2.22. The van der Waals surface area contributed by atoms with E-state index in [-0.39, 0.29) is 12.0 Å². The highest BCUT2D eigenvalue weighted by molar-refractivity contribution is 5.42. The summed E-state index contributed by atoms with van der Waals surface area (Å²) in [6.07, 6.45) is 2.29. The molecule has 0 bridgehead atoms. The number of ether oxygens (including phenoxy) is 1. The molecule has 2 aromatic rings. The van der Waals surface area contributed by atoms with Gasteiger partial charge in [0, 0.05) is 11.5 Å². The Labute approximate surface area is 126 Å². The SMILES string of the molecule is CCCc1ccc(C(NN)C2COc3ccccc32)cc1. The van der Waals surface area contributed by atoms with Crippen LogP contribution in [0.3, 0.4) is 0 Å². The minimum Gasteiger partial charge on any atom is -0.493 e. The van der Waals surface area contributed by atoms with Gasteiger partial charge in [0.15, 0.2) is 0 Å². The molecule has 3 N–H and O–H groups in total. The van der Waals surface area contributed by atoms with Crippen LogP contribution in [0.5, 0.6) is 5.75 Å². The van der Waals surface area contributed by atoms with Gasteiger partial charge in [0.1, 0.15) is 5.75 Å². The van der Waals surface area contributed by atoms with Crippen molar-refractivity contribution in [3.63, 3.8) is 0 Å². The molecule has 0 spiro atoms. The quantitative estimate of drug-likeness (QED) is 0.653. The van der Waals surface area contributed by atoms with Crippen LogP contribution in [-0.4, -0.2) is 6.61 Å². The highest BCUT2D eigenvalue weighted by Crippen LogP contribution is 2.40. The molecule has 0 aromatic heterocycles. The summed E-state index contributed by atoms with van der Waals surface area (Å²) in [5.41, 5.74) is 6.79. The van der Waals surface area contributed by atoms with Crippen molar-refractivity contribution in [2.45, 2.75) is 31.7 Å². The zero-order valence-corrected chi connectivity index (χ0v) is 12.4. The first-order valence-corrected chi connectivity index (χ1v) is 7.60. The predicted octanol–water partition coefficient (Wildman–Crippen LogP) is 3.32. The monoisotopic (exact) mass is 282 g/mol. The summed E-state index contributed by atoms with van der Waals surface area (Å²) in [6, 6.07) is 17.0. The zero-order chi connectivity index (χ0) is 14.7. The maximum absolute atomic E-state index is 5.83. The molecule has 0 amide bonds. The Morgan fingerprint density at radius 2 is 1.95 bits per heavy atom. The van der Waals surface area contributed by atoms with Crippen LogP contribution >= 0.6 is 0 Å². The largest absolute Gasteiger partial charge is 0.493 e. The maximum Gasteiger partial charge on any atom is 0.122 e. The van der Waals surface area contributed by atoms with E-state index in [1.165, 1.54) is 23.1 Å². The van der Waals surface area contributed by atoms with Gasteiger partial charge in [0.05, 0.1) is 12.6 Å². The fourth-order valence-corrected chi connectivity index (χ4v) is 3.09. The summed E-state index contributed by atoms with van der Waals surface area (Å²) >= 11 is 0. The van der Waals surface area contributed by atoms with E-state index in [0.717, 1.165) is 12.2 Å². The van der Waals surface area contributed by atoms with Gasteiger partial charge in [-0.1, -0.05) is 55.8 Å². The standard InChI is InChI=1S/C18H22N2O/c1-2-5-13-8-10-14(11-9-13)18(20-19)16-12-21-17-7-4-3-6-15(16)17/h3-4,6-11,16,18,20H,2,5,12,19H2,1H3. The second-order valence-corrected chi connectivity index (χ2v) is 5.59. The number of nitrogens with one attached hydrogen (secondary N) is 1. The number of aryl methyl sites for hydroxylation is 1. The first-order valence-electron chi connectivity index (χ1n) is 7.60. The minimum atomic E-state index is 0.0735. The van der Waals surface area contributed by atoms with Gasteiger partial charge in [-0.3, -0.25) is 11.3 Å². The molecule has 0 radical (unpaired) electrons. The van der Waals surface area contributed by atoms with E-state index in [4.69, 9.17) is 10.6 Å². The number of rotatable bonds is 5. The molecule has 3 nitrogen and oxygen atoms in total. The van der Waals surface area contributed by atoms with E-state index in [2.05, 4.69) is 48.7 Å². The lowest BCUT2D eigenvalue weighted by Crippen LogP contribution is -2.33. The number of hydrogen-bond donors (Lipinski definition) is 2. The van der Waals surface area contributed by atoms with Crippen LogP contribution in [0.2, 0.25) is 0 Å². The number of hydrazine groups is 1. The highest BCUT2D eigenvalue weighted by atomic mass is 16.5. The molecule has 1 aliphatic rings. The maximum atomic E-state index is 5.83. The Balaban J connectivity index is 1.85. The second-order valence-electron chi connectivity index (χ2n) is 5.59. The lowest BCUT2D eigenvalue weighted by atomic mass is 9.88. The van der Waals surface area contributed by atoms with Crippen molar-refractivity contribution in [2.24, 2.45) is 5.84 Å². The average Bonchev–Trinajstić information content (AvgIpc) is 2.94. The number of para-hydroxylation sites is 1. The molecule has 1 heterocycles. The molecular formula is C18H22N2O. The minimum absolute atomic E-state index is 0.0735. The number of nitrogens with two attached hydrogens (primary N) is 1. The van der Waals surface area contributed by atoms with E-state index in [1.807, 2.05) is 12.1 Å². The summed E-state index contributed by atoms with van der Waals surface area (Å²) in [4.78, 5) is 0. The van der Waals surface area contributed by atoms with Gasteiger partial charge in [-0.05, 0) is 23.6 Å². The number of hydrogen-bond acceptors (Lipinski definition) is 3. The van der Waals surface area contributed by atoms with Crippen molar-refractivity contribution in [2.75, 3.05) is 6.61 Å². The van der Waals surface area contributed by atoms with E-state index in [1.54, 1.807) is 0 Å². The van der Waals surface area contributed by atoms with E-state index in [9.17, 15) is 0 Å². The third-order valence-corrected chi connectivity index (χ3v) is 4.20. The topological polar surface area (TPSA) is 47.3 Å². The van der Waals surface area contributed by atoms with Crippen molar-refractivity contribution < 1.29 is 4.74 Å². The normalized spacial score (nSPS) is 18.1. The molecule has 0 saturated carbocycles. The molecule has 3 rings (SSSR count). The van der Waals surface area contributed by atoms with Crippen molar-refractivity contribution in [3.8, 4) is 5.75 Å². The van der Waals surface area contributed by atoms with Crippen LogP contribution in [0.1, 0.15) is 42.0 Å². The molecule has 0 fully saturated rings. The van der Waals surface area contributed by atoms with Crippen LogP contribution in [0.4, 0.5) is 0 Å². The van der Waals surface area contributed by atoms with Crippen LogP contribution in [-0.2, 0) is 6.42 Å². The van der Waals surface area contributed by atoms with Crippen molar-refractivity contribution in [1.82, 2.24) is 5.43 Å². The average molecular weight is 282 g/mol. The molecule has 110 valence electrons. The van der Waals surface area contributed by atoms with Gasteiger partial charge in [-0.2, -0.15) is 0 Å². The zero-order valence-electron chi connectivity index (χ0n) is 12.4. The molecule has 3 heteroatoms. The summed E-state index contributed by atoms with van der Waals surface area (Å²) in [5.74, 6) is 7.06. The van der Waals surface area contributed by atoms with Crippen LogP contribution in [0.25, 0.3) is 0 Å². The van der Waals surface area contributed by atoms with E-state index >= 15 is 0 Å². The van der Waals surface area contributed by atoms with Crippen molar-refractivity contribution in [1.29, 1.82) is 0 Å². The van der Waals surface area contributed by atoms with E-state index in [0.29, 0.717) is 6.61 Å². The first kappa shape index (κ1) is 14.1. The molecule has 2 atom stereocenters. The third kappa shape index (κ3) is 2.80. The van der Waals surface area contributed by atoms with Gasteiger partial charge >= 0.3 is 0 Å². The summed E-state index contributed by atoms with van der Waals surface area (Å²) in [7, 11) is 0. The first-order chi connectivity index (χ1) is 10.3. The molecule has 1 aliphatic heterocycles. The van der Waals surface area contributed by atoms with Gasteiger partial charge in [-0.15, -0.1) is 0 Å². The summed E-state index contributed by atoms with van der Waals surface area (Å²) < 4.78 is 5.78. The summed E-state index contributed by atoms with van der Waals surface area (Å²) in [6.45, 7) is 2.87. The lowest BCUT2D eigenvalue weighted by molar-refractivity contribution is 0.300. The van der Waals surface area contributed by atoms with Gasteiger partial charge < -0.3 is 4.74 Å².